The summed E-state index contributed by atoms with van der Waals surface area (Å²) in [7, 11) is 1.72. The Morgan fingerprint density at radius 1 is 1.53 bits per heavy atom. The smallest absolute Gasteiger partial charge is 0.307 e. The number of carbonyl (C=O) groups excluding carboxylic acids is 1. The highest BCUT2D eigenvalue weighted by Gasteiger charge is 2.27. The van der Waals surface area contributed by atoms with Crippen LogP contribution in [0.25, 0.3) is 0 Å². The average molecular weight is 205 g/mol. The van der Waals surface area contributed by atoms with Crippen molar-refractivity contribution < 1.29 is 14.7 Å². The lowest BCUT2D eigenvalue weighted by atomic mass is 10.0. The molecule has 0 fully saturated rings. The van der Waals surface area contributed by atoms with Crippen LogP contribution in [0, 0.1) is 0 Å². The Labute approximate surface area is 87.1 Å². The number of hydrogen-bond acceptors (Lipinski definition) is 2. The summed E-state index contributed by atoms with van der Waals surface area (Å²) in [4.78, 5) is 24.0. The Kier molecular flexibility index (Phi) is 2.19. The number of carboxylic acid groups (broad SMARTS) is 1. The summed E-state index contributed by atoms with van der Waals surface area (Å²) in [6.45, 7) is 0.571. The van der Waals surface area contributed by atoms with Crippen LogP contribution in [-0.4, -0.2) is 28.9 Å². The molecule has 1 aromatic carbocycles. The monoisotopic (exact) mass is 205 g/mol. The zero-order valence-corrected chi connectivity index (χ0v) is 8.36. The second-order valence-electron chi connectivity index (χ2n) is 3.68. The van der Waals surface area contributed by atoms with Gasteiger partial charge in [0.2, 0.25) is 0 Å². The molecule has 0 aromatic heterocycles. The first-order valence-corrected chi connectivity index (χ1v) is 4.67. The van der Waals surface area contributed by atoms with Crippen molar-refractivity contribution in [1.29, 1.82) is 0 Å². The Hall–Kier alpha value is -1.84. The second kappa shape index (κ2) is 3.38. The van der Waals surface area contributed by atoms with E-state index >= 15 is 0 Å². The van der Waals surface area contributed by atoms with Gasteiger partial charge in [-0.05, 0) is 11.1 Å². The zero-order chi connectivity index (χ0) is 11.0. The molecular weight excluding hydrogens is 194 g/mol. The largest absolute Gasteiger partial charge is 0.481 e. The fourth-order valence-electron chi connectivity index (χ4n) is 1.89. The molecule has 1 aliphatic rings. The molecular formula is C11H11NO3. The molecule has 15 heavy (non-hydrogen) atoms. The molecule has 0 saturated carbocycles. The molecule has 1 N–H and O–H groups in total. The van der Waals surface area contributed by atoms with Crippen LogP contribution in [0.2, 0.25) is 0 Å². The Balaban J connectivity index is 2.47. The van der Waals surface area contributed by atoms with Crippen LogP contribution in [0.15, 0.2) is 18.2 Å². The Morgan fingerprint density at radius 2 is 2.27 bits per heavy atom. The van der Waals surface area contributed by atoms with Crippen molar-refractivity contribution in [2.24, 2.45) is 0 Å². The molecule has 78 valence electrons. The Morgan fingerprint density at radius 3 is 2.93 bits per heavy atom. The van der Waals surface area contributed by atoms with Crippen molar-refractivity contribution in [2.45, 2.75) is 13.0 Å². The first-order chi connectivity index (χ1) is 7.09. The summed E-state index contributed by atoms with van der Waals surface area (Å²) in [6, 6.07) is 5.36. The highest BCUT2D eigenvalue weighted by Crippen LogP contribution is 2.25. The van der Waals surface area contributed by atoms with Gasteiger partial charge in [0.05, 0.1) is 6.42 Å². The molecule has 4 nitrogen and oxygen atoms in total. The van der Waals surface area contributed by atoms with Gasteiger partial charge >= 0.3 is 5.97 Å². The number of fused-ring (bicyclic) bond motifs is 1. The van der Waals surface area contributed by atoms with E-state index in [-0.39, 0.29) is 12.3 Å². The molecule has 1 heterocycles. The molecule has 0 spiro atoms. The number of amides is 1. The number of rotatable bonds is 2. The van der Waals surface area contributed by atoms with Crippen molar-refractivity contribution in [2.75, 3.05) is 7.05 Å². The summed E-state index contributed by atoms with van der Waals surface area (Å²) in [6.07, 6.45) is -0.0945. The molecule has 1 aliphatic heterocycles. The van der Waals surface area contributed by atoms with E-state index in [0.717, 1.165) is 5.56 Å². The van der Waals surface area contributed by atoms with E-state index in [1.54, 1.807) is 24.1 Å². The van der Waals surface area contributed by atoms with Gasteiger partial charge in [0.15, 0.2) is 0 Å². The predicted octanol–water partition coefficient (Wildman–Crippen LogP) is 0.899. The van der Waals surface area contributed by atoms with Crippen molar-refractivity contribution in [3.63, 3.8) is 0 Å². The maximum atomic E-state index is 11.7. The molecule has 0 atom stereocenters. The number of carbonyl (C=O) groups is 2. The maximum Gasteiger partial charge on any atom is 0.307 e. The van der Waals surface area contributed by atoms with Crippen LogP contribution in [0.1, 0.15) is 21.5 Å². The molecule has 0 bridgehead atoms. The van der Waals surface area contributed by atoms with E-state index < -0.39 is 5.97 Å². The number of nitrogens with zero attached hydrogens (tertiary/aromatic N) is 1. The molecule has 1 aromatic rings. The van der Waals surface area contributed by atoms with Gasteiger partial charge in [0.25, 0.3) is 5.91 Å². The molecule has 4 heteroatoms. The normalized spacial score (nSPS) is 14.2. The van der Waals surface area contributed by atoms with Crippen LogP contribution >= 0.6 is 0 Å². The quantitative estimate of drug-likeness (QED) is 0.780. The van der Waals surface area contributed by atoms with Gasteiger partial charge in [-0.1, -0.05) is 18.2 Å². The van der Waals surface area contributed by atoms with E-state index in [2.05, 4.69) is 0 Å². The third-order valence-corrected chi connectivity index (χ3v) is 2.55. The highest BCUT2D eigenvalue weighted by atomic mass is 16.4. The van der Waals surface area contributed by atoms with Gasteiger partial charge in [-0.3, -0.25) is 9.59 Å². The van der Waals surface area contributed by atoms with Crippen LogP contribution in [0.4, 0.5) is 0 Å². The average Bonchev–Trinajstić information content (AvgIpc) is 2.43. The van der Waals surface area contributed by atoms with Crippen molar-refractivity contribution >= 4 is 11.9 Å². The van der Waals surface area contributed by atoms with E-state index in [1.807, 2.05) is 6.07 Å². The molecule has 1 amide bonds. The van der Waals surface area contributed by atoms with E-state index in [1.165, 1.54) is 0 Å². The number of hydrogen-bond donors (Lipinski definition) is 1. The third kappa shape index (κ3) is 1.58. The summed E-state index contributed by atoms with van der Waals surface area (Å²) in [5, 5.41) is 8.73. The van der Waals surface area contributed by atoms with Gasteiger partial charge in [-0.25, -0.2) is 0 Å². The molecule has 0 saturated heterocycles. The molecule has 0 unspecified atom stereocenters. The zero-order valence-electron chi connectivity index (χ0n) is 8.36. The molecule has 2 rings (SSSR count). The van der Waals surface area contributed by atoms with Gasteiger partial charge in [0, 0.05) is 19.2 Å². The summed E-state index contributed by atoms with van der Waals surface area (Å²) in [5.74, 6) is -0.993. The van der Waals surface area contributed by atoms with Crippen LogP contribution in [0.5, 0.6) is 0 Å². The van der Waals surface area contributed by atoms with Crippen molar-refractivity contribution in [1.82, 2.24) is 4.90 Å². The fraction of sp³-hybridized carbons (Fsp3) is 0.273. The summed E-state index contributed by atoms with van der Waals surface area (Å²) < 4.78 is 0. The van der Waals surface area contributed by atoms with E-state index in [0.29, 0.717) is 17.7 Å². The van der Waals surface area contributed by atoms with Gasteiger partial charge < -0.3 is 10.0 Å². The molecule has 0 radical (unpaired) electrons. The number of carboxylic acids is 1. The predicted molar refractivity (Wildman–Crippen MR) is 53.6 cm³/mol. The standard InChI is InChI=1S/C11H11NO3/c1-12-6-8-4-2-3-7(5-9(13)14)10(8)11(12)15/h2-4H,5-6H2,1H3,(H,13,14). The first-order valence-electron chi connectivity index (χ1n) is 4.67. The summed E-state index contributed by atoms with van der Waals surface area (Å²) in [5.41, 5.74) is 2.10. The topological polar surface area (TPSA) is 57.6 Å². The highest BCUT2D eigenvalue weighted by molar-refractivity contribution is 6.00. The Bertz CT molecular complexity index is 439. The van der Waals surface area contributed by atoms with Crippen molar-refractivity contribution in [3.05, 3.63) is 34.9 Å². The first kappa shape index (κ1) is 9.71. The van der Waals surface area contributed by atoms with Crippen molar-refractivity contribution in [3.8, 4) is 0 Å². The van der Waals surface area contributed by atoms with Gasteiger partial charge in [-0.2, -0.15) is 0 Å². The lowest BCUT2D eigenvalue weighted by molar-refractivity contribution is -0.136. The maximum absolute atomic E-state index is 11.7. The minimum atomic E-state index is -0.911. The van der Waals surface area contributed by atoms with E-state index in [4.69, 9.17) is 5.11 Å². The summed E-state index contributed by atoms with van der Waals surface area (Å²) >= 11 is 0. The third-order valence-electron chi connectivity index (χ3n) is 2.55. The number of aliphatic carboxylic acids is 1. The minimum Gasteiger partial charge on any atom is -0.481 e. The second-order valence-corrected chi connectivity index (χ2v) is 3.68. The lowest BCUT2D eigenvalue weighted by Crippen LogP contribution is -2.18. The lowest BCUT2D eigenvalue weighted by Gasteiger charge is -2.06. The SMILES string of the molecule is CN1Cc2cccc(CC(=O)O)c2C1=O. The van der Waals surface area contributed by atoms with E-state index in [9.17, 15) is 9.59 Å². The molecule has 0 aliphatic carbocycles. The van der Waals surface area contributed by atoms with Crippen LogP contribution in [-0.2, 0) is 17.8 Å². The minimum absolute atomic E-state index is 0.0816. The van der Waals surface area contributed by atoms with Gasteiger partial charge in [-0.15, -0.1) is 0 Å². The van der Waals surface area contributed by atoms with Crippen LogP contribution < -0.4 is 0 Å². The van der Waals surface area contributed by atoms with Gasteiger partial charge in [0.1, 0.15) is 0 Å². The number of benzene rings is 1. The van der Waals surface area contributed by atoms with Crippen LogP contribution in [0.3, 0.4) is 0 Å². The fourth-order valence-corrected chi connectivity index (χ4v) is 1.89.